The molecule has 1 fully saturated rings. The van der Waals surface area contributed by atoms with Crippen LogP contribution >= 0.6 is 0 Å². The largest absolute Gasteiger partial charge is 0.493 e. The van der Waals surface area contributed by atoms with E-state index in [9.17, 15) is 18.8 Å². The molecule has 0 N–H and O–H groups in total. The van der Waals surface area contributed by atoms with Crippen LogP contribution in [0.1, 0.15) is 23.2 Å². The lowest BCUT2D eigenvalue weighted by molar-refractivity contribution is -0.148. The summed E-state index contributed by atoms with van der Waals surface area (Å²) in [7, 11) is 1.18. The summed E-state index contributed by atoms with van der Waals surface area (Å²) in [6, 6.07) is 2.47. The van der Waals surface area contributed by atoms with E-state index in [-0.39, 0.29) is 42.4 Å². The topological polar surface area (TPSA) is 82.1 Å². The summed E-state index contributed by atoms with van der Waals surface area (Å²) in [5.41, 5.74) is 0.0516. The monoisotopic (exact) mass is 323 g/mol. The number of ketones is 1. The number of fused-ring (bicyclic) bond motifs is 1. The summed E-state index contributed by atoms with van der Waals surface area (Å²) < 4.78 is 29.1. The molecule has 7 nitrogen and oxygen atoms in total. The zero-order valence-electron chi connectivity index (χ0n) is 12.3. The number of carbonyl (C=O) groups is 3. The number of rotatable bonds is 2. The number of halogens is 1. The maximum atomic E-state index is 14.3. The molecule has 0 bridgehead atoms. The molecule has 1 saturated heterocycles. The number of benzene rings is 1. The zero-order chi connectivity index (χ0) is 16.6. The number of nitrogens with zero attached hydrogens (tertiary/aromatic N) is 1. The van der Waals surface area contributed by atoms with Gasteiger partial charge in [0, 0.05) is 12.5 Å². The van der Waals surface area contributed by atoms with Gasteiger partial charge in [-0.05, 0) is 12.5 Å². The van der Waals surface area contributed by atoms with E-state index in [4.69, 9.17) is 9.47 Å². The molecule has 1 aromatic carbocycles. The lowest BCUT2D eigenvalue weighted by atomic mass is 10.1. The quantitative estimate of drug-likeness (QED) is 0.770. The molecular weight excluding hydrogens is 309 g/mol. The third kappa shape index (κ3) is 2.71. The summed E-state index contributed by atoms with van der Waals surface area (Å²) >= 11 is 0. The van der Waals surface area contributed by atoms with E-state index in [0.717, 1.165) is 11.0 Å². The maximum absolute atomic E-state index is 14.3. The van der Waals surface area contributed by atoms with Crippen LogP contribution in [0.15, 0.2) is 12.1 Å². The minimum atomic E-state index is -1.07. The number of esters is 1. The fraction of sp³-hybridized carbons (Fsp3) is 0.400. The number of carbonyl (C=O) groups excluding carboxylic acids is 3. The van der Waals surface area contributed by atoms with Crippen molar-refractivity contribution in [3.63, 3.8) is 0 Å². The number of methoxy groups -OCH3 is 1. The predicted octanol–water partition coefficient (Wildman–Crippen LogP) is 1.68. The van der Waals surface area contributed by atoms with E-state index in [2.05, 4.69) is 4.74 Å². The number of cyclic esters (lactones) is 1. The van der Waals surface area contributed by atoms with Crippen LogP contribution in [0.5, 0.6) is 5.75 Å². The van der Waals surface area contributed by atoms with Gasteiger partial charge in [-0.2, -0.15) is 0 Å². The van der Waals surface area contributed by atoms with Crippen LogP contribution in [0.2, 0.25) is 0 Å². The third-order valence-corrected chi connectivity index (χ3v) is 3.71. The Balaban J connectivity index is 1.94. The van der Waals surface area contributed by atoms with Crippen LogP contribution in [-0.2, 0) is 14.3 Å². The maximum Gasteiger partial charge on any atom is 0.415 e. The molecule has 0 spiro atoms. The normalized spacial score (nSPS) is 20.4. The lowest BCUT2D eigenvalue weighted by Crippen LogP contribution is -2.28. The summed E-state index contributed by atoms with van der Waals surface area (Å²) in [6.07, 6.45) is -1.16. The highest BCUT2D eigenvalue weighted by molar-refractivity contribution is 6.01. The first-order valence-corrected chi connectivity index (χ1v) is 7.06. The van der Waals surface area contributed by atoms with Gasteiger partial charge in [0.2, 0.25) is 6.10 Å². The van der Waals surface area contributed by atoms with Crippen molar-refractivity contribution in [3.05, 3.63) is 23.5 Å². The molecule has 2 heterocycles. The zero-order valence-corrected chi connectivity index (χ0v) is 12.3. The van der Waals surface area contributed by atoms with Gasteiger partial charge < -0.3 is 14.2 Å². The van der Waals surface area contributed by atoms with Gasteiger partial charge in [-0.15, -0.1) is 0 Å². The van der Waals surface area contributed by atoms with Gasteiger partial charge in [0.05, 0.1) is 31.5 Å². The van der Waals surface area contributed by atoms with Crippen LogP contribution < -0.4 is 9.64 Å². The second kappa shape index (κ2) is 5.86. The van der Waals surface area contributed by atoms with E-state index >= 15 is 0 Å². The molecule has 8 heteroatoms. The molecule has 2 aliphatic heterocycles. The smallest absolute Gasteiger partial charge is 0.415 e. The van der Waals surface area contributed by atoms with Crippen molar-refractivity contribution in [2.75, 3.05) is 25.2 Å². The van der Waals surface area contributed by atoms with E-state index in [1.54, 1.807) is 0 Å². The molecule has 1 aromatic rings. The van der Waals surface area contributed by atoms with Crippen molar-refractivity contribution in [2.24, 2.45) is 0 Å². The second-order valence-electron chi connectivity index (χ2n) is 5.18. The highest BCUT2D eigenvalue weighted by Crippen LogP contribution is 2.33. The van der Waals surface area contributed by atoms with Crippen LogP contribution in [0.4, 0.5) is 14.9 Å². The van der Waals surface area contributed by atoms with Crippen molar-refractivity contribution < 1.29 is 33.0 Å². The first-order valence-electron chi connectivity index (χ1n) is 7.06. The van der Waals surface area contributed by atoms with Crippen molar-refractivity contribution >= 4 is 23.5 Å². The van der Waals surface area contributed by atoms with Gasteiger partial charge in [0.15, 0.2) is 5.78 Å². The minimum Gasteiger partial charge on any atom is -0.493 e. The van der Waals surface area contributed by atoms with Gasteiger partial charge in [-0.1, -0.05) is 0 Å². The van der Waals surface area contributed by atoms with Crippen molar-refractivity contribution in [3.8, 4) is 5.75 Å². The SMILES string of the molecule is COC(=O)[C@H]1CN(c2cc(F)c3c(c2)OCCCC3=O)C(=O)O1. The van der Waals surface area contributed by atoms with Gasteiger partial charge in [0.1, 0.15) is 11.6 Å². The van der Waals surface area contributed by atoms with Gasteiger partial charge in [-0.3, -0.25) is 9.69 Å². The Morgan fingerprint density at radius 3 is 2.91 bits per heavy atom. The molecular formula is C15H14FNO6. The number of amides is 1. The molecule has 3 rings (SSSR count). The average Bonchev–Trinajstić information content (AvgIpc) is 2.81. The molecule has 2 aliphatic rings. The summed E-state index contributed by atoms with van der Waals surface area (Å²) in [5.74, 6) is -1.70. The van der Waals surface area contributed by atoms with E-state index < -0.39 is 24.0 Å². The van der Waals surface area contributed by atoms with Crippen LogP contribution in [-0.4, -0.2) is 44.2 Å². The fourth-order valence-corrected chi connectivity index (χ4v) is 2.58. The first kappa shape index (κ1) is 15.3. The Morgan fingerprint density at radius 1 is 1.39 bits per heavy atom. The molecule has 122 valence electrons. The van der Waals surface area contributed by atoms with Gasteiger partial charge in [0.25, 0.3) is 0 Å². The Morgan fingerprint density at radius 2 is 2.17 bits per heavy atom. The Labute approximate surface area is 130 Å². The highest BCUT2D eigenvalue weighted by atomic mass is 19.1. The van der Waals surface area contributed by atoms with Crippen LogP contribution in [0.3, 0.4) is 0 Å². The van der Waals surface area contributed by atoms with E-state index in [0.29, 0.717) is 6.42 Å². The standard InChI is InChI=1S/C15H14FNO6/c1-21-14(19)12-7-17(15(20)23-12)8-5-9(16)13-10(18)3-2-4-22-11(13)6-8/h5-6,12H,2-4,7H2,1H3/t12-/m1/s1. The van der Waals surface area contributed by atoms with Crippen molar-refractivity contribution in [1.82, 2.24) is 0 Å². The van der Waals surface area contributed by atoms with Crippen molar-refractivity contribution in [1.29, 1.82) is 0 Å². The number of anilines is 1. The number of ether oxygens (including phenoxy) is 3. The Kier molecular flexibility index (Phi) is 3.89. The summed E-state index contributed by atoms with van der Waals surface area (Å²) in [5, 5.41) is 0. The molecule has 23 heavy (non-hydrogen) atoms. The summed E-state index contributed by atoms with van der Waals surface area (Å²) in [6.45, 7) is 0.189. The molecule has 0 aromatic heterocycles. The summed E-state index contributed by atoms with van der Waals surface area (Å²) in [4.78, 5) is 36.4. The molecule has 1 amide bonds. The Bertz CT molecular complexity index is 689. The van der Waals surface area contributed by atoms with Gasteiger partial charge in [-0.25, -0.2) is 14.0 Å². The highest BCUT2D eigenvalue weighted by Gasteiger charge is 2.38. The fourth-order valence-electron chi connectivity index (χ4n) is 2.58. The minimum absolute atomic E-state index is 0.0943. The van der Waals surface area contributed by atoms with E-state index in [1.807, 2.05) is 0 Å². The number of hydrogen-bond acceptors (Lipinski definition) is 6. The van der Waals surface area contributed by atoms with Crippen LogP contribution in [0, 0.1) is 5.82 Å². The Hall–Kier alpha value is -2.64. The lowest BCUT2D eigenvalue weighted by Gasteiger charge is -2.16. The molecule has 0 aliphatic carbocycles. The van der Waals surface area contributed by atoms with Crippen molar-refractivity contribution in [2.45, 2.75) is 18.9 Å². The van der Waals surface area contributed by atoms with Crippen LogP contribution in [0.25, 0.3) is 0 Å². The molecule has 0 saturated carbocycles. The first-order chi connectivity index (χ1) is 11.0. The molecule has 1 atom stereocenters. The predicted molar refractivity (Wildman–Crippen MR) is 75.1 cm³/mol. The molecule has 0 radical (unpaired) electrons. The third-order valence-electron chi connectivity index (χ3n) is 3.71. The molecule has 0 unspecified atom stereocenters. The number of Topliss-reactive ketones (excluding diaryl/α,β-unsaturated/α-hetero) is 1. The number of hydrogen-bond donors (Lipinski definition) is 0. The second-order valence-corrected chi connectivity index (χ2v) is 5.18. The average molecular weight is 323 g/mol. The van der Waals surface area contributed by atoms with Gasteiger partial charge >= 0.3 is 12.1 Å². The van der Waals surface area contributed by atoms with E-state index in [1.165, 1.54) is 13.2 Å².